The smallest absolute Gasteiger partial charge is 0.351 e. The minimum atomic E-state index is -3.93. The van der Waals surface area contributed by atoms with Crippen molar-refractivity contribution in [3.8, 4) is 0 Å². The van der Waals surface area contributed by atoms with Crippen LogP contribution in [0.1, 0.15) is 17.2 Å². The highest BCUT2D eigenvalue weighted by atomic mass is 35.5. The predicted molar refractivity (Wildman–Crippen MR) is 104 cm³/mol. The average Bonchev–Trinajstić information content (AvgIpc) is 2.88. The molecule has 0 saturated heterocycles. The predicted octanol–water partition coefficient (Wildman–Crippen LogP) is 4.28. The number of hydrogen-bond acceptors (Lipinski definition) is 4. The van der Waals surface area contributed by atoms with Crippen LogP contribution in [0.25, 0.3) is 0 Å². The van der Waals surface area contributed by atoms with Crippen molar-refractivity contribution in [3.05, 3.63) is 74.7 Å². The average molecular weight is 447 g/mol. The van der Waals surface area contributed by atoms with E-state index >= 15 is 0 Å². The Morgan fingerprint density at radius 3 is 2.11 bits per heavy atom. The molecule has 0 unspecified atom stereocenters. The Bertz CT molecular complexity index is 1000. The molecule has 0 saturated carbocycles. The van der Waals surface area contributed by atoms with Gasteiger partial charge in [-0.25, -0.2) is 13.2 Å². The lowest BCUT2D eigenvalue weighted by Gasteiger charge is -2.24. The molecule has 1 heterocycles. The van der Waals surface area contributed by atoms with Crippen molar-refractivity contribution >= 4 is 50.8 Å². The topological polar surface area (TPSA) is 72.5 Å². The summed E-state index contributed by atoms with van der Waals surface area (Å²) < 4.78 is 33.5. The van der Waals surface area contributed by atoms with Crippen molar-refractivity contribution in [2.75, 3.05) is 0 Å². The summed E-state index contributed by atoms with van der Waals surface area (Å²) in [7, 11) is -3.93. The van der Waals surface area contributed by atoms with Crippen LogP contribution in [0.5, 0.6) is 0 Å². The van der Waals surface area contributed by atoms with E-state index < -0.39 is 28.1 Å². The summed E-state index contributed by atoms with van der Waals surface area (Å²) in [5, 5.41) is 0.144. The number of sulfonamides is 1. The molecule has 27 heavy (non-hydrogen) atoms. The van der Waals surface area contributed by atoms with Gasteiger partial charge in [-0.1, -0.05) is 64.6 Å². The van der Waals surface area contributed by atoms with Crippen LogP contribution in [0.4, 0.5) is 0 Å². The molecule has 0 amide bonds. The second-order valence-electron chi connectivity index (χ2n) is 5.95. The van der Waals surface area contributed by atoms with Gasteiger partial charge in [0.1, 0.15) is 5.03 Å². The Balaban J connectivity index is 2.01. The van der Waals surface area contributed by atoms with Crippen molar-refractivity contribution in [2.45, 2.75) is 24.0 Å². The molecule has 9 heteroatoms. The van der Waals surface area contributed by atoms with Gasteiger partial charge in [-0.3, -0.25) is 0 Å². The highest BCUT2D eigenvalue weighted by Gasteiger charge is 2.40. The number of benzene rings is 2. The number of rotatable bonds is 5. The minimum absolute atomic E-state index is 0.0618. The zero-order valence-electron chi connectivity index (χ0n) is 13.9. The SMILES string of the molecule is Cc1ccc(S(=O)(=O)N[C@H](c2ccc(Cl)cc2)[C@@H]2OC(=O)C(Cl)=C2Cl)cc1. The standard InChI is InChI=1S/C18H14Cl3NO4S/c1-10-2-8-13(9-3-10)27(24,25)22-16(11-4-6-12(19)7-5-11)17-14(20)15(21)18(23)26-17/h2-9,16-17,22H,1H3/t16-,17-/m1/s1. The van der Waals surface area contributed by atoms with Crippen LogP contribution in [0, 0.1) is 6.92 Å². The molecule has 0 radical (unpaired) electrons. The van der Waals surface area contributed by atoms with Crippen molar-refractivity contribution < 1.29 is 17.9 Å². The van der Waals surface area contributed by atoms with Gasteiger partial charge in [-0.05, 0) is 36.8 Å². The summed E-state index contributed by atoms with van der Waals surface area (Å²) in [6, 6.07) is 11.8. The van der Waals surface area contributed by atoms with Gasteiger partial charge >= 0.3 is 5.97 Å². The van der Waals surface area contributed by atoms with Gasteiger partial charge < -0.3 is 4.74 Å². The third-order valence-electron chi connectivity index (χ3n) is 4.02. The first-order valence-electron chi connectivity index (χ1n) is 7.79. The molecule has 0 aromatic heterocycles. The fourth-order valence-electron chi connectivity index (χ4n) is 2.58. The fraction of sp³-hybridized carbons (Fsp3) is 0.167. The molecule has 5 nitrogen and oxygen atoms in total. The molecule has 0 fully saturated rings. The largest absolute Gasteiger partial charge is 0.450 e. The highest BCUT2D eigenvalue weighted by molar-refractivity contribution is 7.89. The number of hydrogen-bond donors (Lipinski definition) is 1. The van der Waals surface area contributed by atoms with Gasteiger partial charge in [0.25, 0.3) is 0 Å². The van der Waals surface area contributed by atoms with Crippen molar-refractivity contribution in [1.82, 2.24) is 4.72 Å². The number of cyclic esters (lactones) is 1. The number of esters is 1. The van der Waals surface area contributed by atoms with Gasteiger partial charge in [0.15, 0.2) is 6.10 Å². The lowest BCUT2D eigenvalue weighted by Crippen LogP contribution is -2.37. The van der Waals surface area contributed by atoms with Crippen LogP contribution >= 0.6 is 34.8 Å². The molecule has 142 valence electrons. The Morgan fingerprint density at radius 2 is 1.59 bits per heavy atom. The first-order chi connectivity index (χ1) is 12.7. The second kappa shape index (κ2) is 7.81. The first-order valence-corrected chi connectivity index (χ1v) is 10.4. The summed E-state index contributed by atoms with van der Waals surface area (Å²) >= 11 is 17.9. The van der Waals surface area contributed by atoms with Crippen LogP contribution in [0.2, 0.25) is 5.02 Å². The van der Waals surface area contributed by atoms with Crippen LogP contribution < -0.4 is 4.72 Å². The maximum Gasteiger partial charge on any atom is 0.351 e. The lowest BCUT2D eigenvalue weighted by molar-refractivity contribution is -0.140. The number of aryl methyl sites for hydroxylation is 1. The first kappa shape index (κ1) is 20.2. The van der Waals surface area contributed by atoms with Gasteiger partial charge in [-0.2, -0.15) is 4.72 Å². The fourth-order valence-corrected chi connectivity index (χ4v) is 4.33. The molecular formula is C18H14Cl3NO4S. The van der Waals surface area contributed by atoms with Crippen molar-refractivity contribution in [2.24, 2.45) is 0 Å². The molecule has 1 N–H and O–H groups in total. The van der Waals surface area contributed by atoms with E-state index in [-0.39, 0.29) is 15.0 Å². The van der Waals surface area contributed by atoms with E-state index in [0.717, 1.165) is 5.56 Å². The van der Waals surface area contributed by atoms with E-state index in [2.05, 4.69) is 4.72 Å². The number of ether oxygens (including phenoxy) is 1. The van der Waals surface area contributed by atoms with E-state index in [1.54, 1.807) is 36.4 Å². The summed E-state index contributed by atoms with van der Waals surface area (Å²) in [5.74, 6) is -0.805. The molecule has 0 aliphatic carbocycles. The van der Waals surface area contributed by atoms with E-state index in [4.69, 9.17) is 39.5 Å². The lowest BCUT2D eigenvalue weighted by atomic mass is 10.0. The molecule has 3 rings (SSSR count). The van der Waals surface area contributed by atoms with E-state index in [0.29, 0.717) is 10.6 Å². The molecular weight excluding hydrogens is 433 g/mol. The monoisotopic (exact) mass is 445 g/mol. The summed E-state index contributed by atoms with van der Waals surface area (Å²) in [6.45, 7) is 1.85. The van der Waals surface area contributed by atoms with Crippen LogP contribution in [0.15, 0.2) is 63.5 Å². The normalized spacial score (nSPS) is 18.5. The highest BCUT2D eigenvalue weighted by Crippen LogP contribution is 2.37. The zero-order chi connectivity index (χ0) is 19.8. The Kier molecular flexibility index (Phi) is 5.84. The van der Waals surface area contributed by atoms with Crippen molar-refractivity contribution in [3.63, 3.8) is 0 Å². The van der Waals surface area contributed by atoms with Crippen LogP contribution in [-0.4, -0.2) is 20.5 Å². The Hall–Kier alpha value is -1.57. The summed E-state index contributed by atoms with van der Waals surface area (Å²) in [5.41, 5.74) is 1.43. The zero-order valence-corrected chi connectivity index (χ0v) is 17.0. The van der Waals surface area contributed by atoms with Gasteiger partial charge in [-0.15, -0.1) is 0 Å². The van der Waals surface area contributed by atoms with E-state index in [1.165, 1.54) is 12.1 Å². The minimum Gasteiger partial charge on any atom is -0.450 e. The molecule has 0 spiro atoms. The molecule has 2 aromatic carbocycles. The number of halogens is 3. The number of carbonyl (C=O) groups is 1. The molecule has 0 bridgehead atoms. The quantitative estimate of drug-likeness (QED) is 0.696. The maximum atomic E-state index is 12.9. The van der Waals surface area contributed by atoms with Crippen LogP contribution in [-0.2, 0) is 19.6 Å². The van der Waals surface area contributed by atoms with Gasteiger partial charge in [0.05, 0.1) is 16.0 Å². The van der Waals surface area contributed by atoms with Gasteiger partial charge in [0.2, 0.25) is 10.0 Å². The summed E-state index contributed by atoms with van der Waals surface area (Å²) in [6.07, 6.45) is -1.09. The third-order valence-corrected chi connectivity index (χ3v) is 6.59. The van der Waals surface area contributed by atoms with Gasteiger partial charge in [0, 0.05) is 5.02 Å². The third kappa shape index (κ3) is 4.31. The summed E-state index contributed by atoms with van der Waals surface area (Å²) in [4.78, 5) is 11.8. The Labute approximate surface area is 171 Å². The van der Waals surface area contributed by atoms with E-state index in [9.17, 15) is 13.2 Å². The molecule has 1 aliphatic heterocycles. The van der Waals surface area contributed by atoms with Crippen molar-refractivity contribution in [1.29, 1.82) is 0 Å². The molecule has 2 aromatic rings. The Morgan fingerprint density at radius 1 is 1.00 bits per heavy atom. The van der Waals surface area contributed by atoms with E-state index in [1.807, 2.05) is 6.92 Å². The molecule has 1 aliphatic rings. The molecule has 2 atom stereocenters. The maximum absolute atomic E-state index is 12.9. The van der Waals surface area contributed by atoms with Crippen LogP contribution in [0.3, 0.4) is 0 Å². The number of nitrogens with one attached hydrogen (secondary N) is 1. The number of carbonyl (C=O) groups excluding carboxylic acids is 1. The second-order valence-corrected chi connectivity index (χ2v) is 8.89.